The third kappa shape index (κ3) is 83.6. The molecule has 0 aliphatic heterocycles. The fraction of sp³-hybridized carbons (Fsp3) is 0. The molecule has 0 aliphatic rings. The molecule has 0 aromatic rings. The second-order valence-corrected chi connectivity index (χ2v) is 1.54. The van der Waals surface area contributed by atoms with Crippen molar-refractivity contribution in [2.24, 2.45) is 0 Å². The number of rotatable bonds is 0. The maximum Gasteiger partial charge on any atom is 0 e. The van der Waals surface area contributed by atoms with Crippen LogP contribution < -0.4 is 0 Å². The molecule has 4 nitrogen and oxygen atoms in total. The predicted octanol–water partition coefficient (Wildman–Crippen LogP) is -0.892. The first-order valence-electron chi connectivity index (χ1n) is 1.16. The van der Waals surface area contributed by atoms with Gasteiger partial charge < -0.3 is 14.7 Å². The molecule has 0 aromatic heterocycles. The fourth-order valence-corrected chi connectivity index (χ4v) is 0. The summed E-state index contributed by atoms with van der Waals surface area (Å²) in [6.07, 6.45) is 0. The summed E-state index contributed by atoms with van der Waals surface area (Å²) >= 11 is -0.438. The topological polar surface area (TPSA) is 77.8 Å². The summed E-state index contributed by atoms with van der Waals surface area (Å²) in [4.78, 5) is 21.6. The number of hydrogen-bond donors (Lipinski definition) is 3. The molecule has 3 N–H and O–H groups in total. The number of phosphoric acid groups is 1. The molecule has 0 aromatic carbocycles. The Morgan fingerprint density at radius 2 is 1.25 bits per heavy atom. The minimum Gasteiger partial charge on any atom is 0 e. The van der Waals surface area contributed by atoms with Crippen LogP contribution in [0.5, 0.6) is 0 Å². The van der Waals surface area contributed by atoms with Gasteiger partial charge in [-0.1, -0.05) is 0 Å². The first-order valence-corrected chi connectivity index (χ1v) is 3.91. The Labute approximate surface area is 94.4 Å². The van der Waals surface area contributed by atoms with Crippen molar-refractivity contribution in [1.82, 2.24) is 0 Å². The summed E-state index contributed by atoms with van der Waals surface area (Å²) in [5.74, 6) is 0. The molecule has 0 radical (unpaired) electrons. The van der Waals surface area contributed by atoms with Gasteiger partial charge in [0.25, 0.3) is 0 Å². The molecule has 8 heteroatoms. The van der Waals surface area contributed by atoms with Gasteiger partial charge in [0.05, 0.1) is 0 Å². The van der Waals surface area contributed by atoms with Crippen molar-refractivity contribution < 1.29 is 38.5 Å². The molecule has 0 saturated carbocycles. The third-order valence-corrected chi connectivity index (χ3v) is 0. The Kier molecular flexibility index (Phi) is 19.4. The zero-order valence-electron chi connectivity index (χ0n) is 4.28. The summed E-state index contributed by atoms with van der Waals surface area (Å²) in [7, 11) is -4.64. The van der Waals surface area contributed by atoms with Crippen LogP contribution >= 0.6 is 7.82 Å². The Balaban J connectivity index is -0.0000000750. The number of hydrogen-bond acceptors (Lipinski definition) is 1. The van der Waals surface area contributed by atoms with E-state index in [1.54, 1.807) is 0 Å². The average Bonchev–Trinajstić information content (AvgIpc) is 1.36. The average molecular weight is 221 g/mol. The fourth-order valence-electron chi connectivity index (χ4n) is 0. The molecule has 42 valence electrons. The molecular formula is H3FKO4PZn. The maximum atomic E-state index is 9.69. The van der Waals surface area contributed by atoms with Gasteiger partial charge in [-0.3, -0.25) is 0 Å². The Hall–Kier alpha value is 2.30. The van der Waals surface area contributed by atoms with Crippen LogP contribution in [0, 0.1) is 0 Å². The van der Waals surface area contributed by atoms with Gasteiger partial charge in [-0.15, -0.1) is 0 Å². The standard InChI is InChI=1S/FH.K.H3O4P.Zn/c;;1-5(2,3)4;/h1H;;(H3,1,2,3,4);/q;+1;;/p-1. The molecule has 0 fully saturated rings. The SMILES string of the molecule is O=P(O)(O)O.[F][K].[Zn]. The van der Waals surface area contributed by atoms with Crippen LogP contribution in [0.4, 0.5) is -0.211 Å². The van der Waals surface area contributed by atoms with Crippen LogP contribution in [0.3, 0.4) is 0 Å². The zero-order valence-corrected chi connectivity index (χ0v) is 11.3. The number of halogens is 1. The van der Waals surface area contributed by atoms with E-state index in [-0.39, 0.29) is 19.5 Å². The van der Waals surface area contributed by atoms with E-state index in [1.807, 2.05) is 0 Å². The molecular weight excluding hydrogens is 218 g/mol. The molecule has 0 aliphatic carbocycles. The van der Waals surface area contributed by atoms with E-state index < -0.39 is 57.7 Å². The van der Waals surface area contributed by atoms with Gasteiger partial charge in [0.1, 0.15) is 0 Å². The van der Waals surface area contributed by atoms with E-state index in [4.69, 9.17) is 19.2 Å². The summed E-state index contributed by atoms with van der Waals surface area (Å²) in [5, 5.41) is 0. The smallest absolute Gasteiger partial charge is 0 e. The minimum atomic E-state index is -4.64. The molecule has 0 heterocycles. The molecule has 0 bridgehead atoms. The van der Waals surface area contributed by atoms with Gasteiger partial charge in [0.2, 0.25) is 0 Å². The Morgan fingerprint density at radius 1 is 1.25 bits per heavy atom. The first kappa shape index (κ1) is 16.7. The van der Waals surface area contributed by atoms with Crippen molar-refractivity contribution in [3.05, 3.63) is 0 Å². The van der Waals surface area contributed by atoms with Crippen molar-refractivity contribution in [2.45, 2.75) is 0 Å². The van der Waals surface area contributed by atoms with E-state index in [1.165, 1.54) is 0 Å². The Morgan fingerprint density at radius 3 is 1.25 bits per heavy atom. The van der Waals surface area contributed by atoms with Crippen LogP contribution in [0.15, 0.2) is 0 Å². The second kappa shape index (κ2) is 9.30. The van der Waals surface area contributed by atoms with Crippen molar-refractivity contribution >= 4 is 57.7 Å². The molecule has 8 heavy (non-hydrogen) atoms. The van der Waals surface area contributed by atoms with Crippen LogP contribution in [-0.4, -0.2) is 64.6 Å². The maximum absolute atomic E-state index is 9.69. The quantitative estimate of drug-likeness (QED) is 0.366. The third-order valence-electron chi connectivity index (χ3n) is 0. The Bertz CT molecular complexity index is 62.2. The van der Waals surface area contributed by atoms with Gasteiger partial charge >= 0.3 is 57.5 Å². The molecule has 0 spiro atoms. The second-order valence-electron chi connectivity index (χ2n) is 0.513. The van der Waals surface area contributed by atoms with Crippen LogP contribution in [0.1, 0.15) is 0 Å². The molecule has 0 atom stereocenters. The van der Waals surface area contributed by atoms with Crippen molar-refractivity contribution in [2.75, 3.05) is 0 Å². The largest absolute Gasteiger partial charge is 0 e. The van der Waals surface area contributed by atoms with Gasteiger partial charge in [-0.25, -0.2) is 4.57 Å². The van der Waals surface area contributed by atoms with Crippen molar-refractivity contribution in [3.63, 3.8) is 0 Å². The molecule has 0 rings (SSSR count). The van der Waals surface area contributed by atoms with Gasteiger partial charge in [0.15, 0.2) is 0 Å². The van der Waals surface area contributed by atoms with Crippen LogP contribution in [-0.2, 0) is 24.0 Å². The molecule has 0 unspecified atom stereocenters. The van der Waals surface area contributed by atoms with E-state index in [9.17, 15) is -0.211 Å². The van der Waals surface area contributed by atoms with Gasteiger partial charge in [0, 0.05) is 19.5 Å². The zero-order chi connectivity index (χ0) is 6.50. The minimum absolute atomic E-state index is 0. The first-order chi connectivity index (χ1) is 3.00. The van der Waals surface area contributed by atoms with Crippen molar-refractivity contribution in [3.8, 4) is 0 Å². The molecule has 0 saturated heterocycles. The van der Waals surface area contributed by atoms with E-state index in [0.717, 1.165) is 0 Å². The van der Waals surface area contributed by atoms with E-state index in [0.29, 0.717) is 0 Å². The molecule has 0 amide bonds. The van der Waals surface area contributed by atoms with Gasteiger partial charge in [-0.2, -0.15) is 0 Å². The van der Waals surface area contributed by atoms with E-state index >= 15 is 0 Å². The van der Waals surface area contributed by atoms with Crippen LogP contribution in [0.2, 0.25) is 0 Å². The van der Waals surface area contributed by atoms with Crippen LogP contribution in [0.25, 0.3) is 0 Å². The summed E-state index contributed by atoms with van der Waals surface area (Å²) in [6.45, 7) is 0. The predicted molar refractivity (Wildman–Crippen MR) is 21.1 cm³/mol. The summed E-state index contributed by atoms with van der Waals surface area (Å²) in [5.41, 5.74) is 0. The van der Waals surface area contributed by atoms with Gasteiger partial charge in [-0.05, 0) is 0 Å². The van der Waals surface area contributed by atoms with E-state index in [2.05, 4.69) is 0 Å². The monoisotopic (exact) mass is 220 g/mol. The summed E-state index contributed by atoms with van der Waals surface area (Å²) < 4.78 is 18.6. The normalized spacial score (nSPS) is 8.25. The van der Waals surface area contributed by atoms with Crippen molar-refractivity contribution in [1.29, 1.82) is 0 Å². The summed E-state index contributed by atoms with van der Waals surface area (Å²) in [6, 6.07) is 0.